The molecule has 0 saturated carbocycles. The lowest BCUT2D eigenvalue weighted by Gasteiger charge is -2.16. The quantitative estimate of drug-likeness (QED) is 0.838. The Morgan fingerprint density at radius 3 is 3.06 bits per heavy atom. The average molecular weight is 261 g/mol. The minimum atomic E-state index is 0.192. The van der Waals surface area contributed by atoms with Crippen LogP contribution < -0.4 is 4.90 Å². The molecule has 0 spiro atoms. The van der Waals surface area contributed by atoms with Gasteiger partial charge in [0.25, 0.3) is 0 Å². The highest BCUT2D eigenvalue weighted by Crippen LogP contribution is 2.28. The van der Waals surface area contributed by atoms with E-state index in [0.717, 1.165) is 28.9 Å². The zero-order valence-electron chi connectivity index (χ0n) is 10.2. The lowest BCUT2D eigenvalue weighted by molar-refractivity contribution is -0.117. The van der Waals surface area contributed by atoms with Gasteiger partial charge in [-0.15, -0.1) is 0 Å². The lowest BCUT2D eigenvalue weighted by Crippen LogP contribution is -2.24. The molecule has 1 amide bonds. The fraction of sp³-hybridized carbons (Fsp3) is 0.385. The Kier molecular flexibility index (Phi) is 2.78. The average Bonchev–Trinajstić information content (AvgIpc) is 2.93. The van der Waals surface area contributed by atoms with Gasteiger partial charge in [0, 0.05) is 31.1 Å². The highest BCUT2D eigenvalue weighted by Gasteiger charge is 2.29. The van der Waals surface area contributed by atoms with Gasteiger partial charge in [-0.1, -0.05) is 0 Å². The number of aryl methyl sites for hydroxylation is 1. The zero-order valence-corrected chi connectivity index (χ0v) is 11.1. The third-order valence-corrected chi connectivity index (χ3v) is 4.02. The molecule has 3 rings (SSSR count). The first-order valence-corrected chi connectivity index (χ1v) is 6.65. The first kappa shape index (κ1) is 11.6. The van der Waals surface area contributed by atoms with Crippen molar-refractivity contribution in [3.63, 3.8) is 0 Å². The van der Waals surface area contributed by atoms with Crippen LogP contribution in [0.25, 0.3) is 10.9 Å². The summed E-state index contributed by atoms with van der Waals surface area (Å²) in [5.74, 6) is 1.32. The van der Waals surface area contributed by atoms with Crippen molar-refractivity contribution in [1.29, 1.82) is 0 Å². The molecule has 0 bridgehead atoms. The Bertz CT molecular complexity index is 607. The van der Waals surface area contributed by atoms with Crippen LogP contribution in [0.4, 0.5) is 5.69 Å². The van der Waals surface area contributed by atoms with E-state index in [0.29, 0.717) is 12.3 Å². The van der Waals surface area contributed by atoms with E-state index in [1.807, 2.05) is 41.0 Å². The van der Waals surface area contributed by atoms with Crippen molar-refractivity contribution in [2.24, 2.45) is 13.0 Å². The normalized spacial score (nSPS) is 20.0. The van der Waals surface area contributed by atoms with Gasteiger partial charge in [-0.25, -0.2) is 0 Å². The van der Waals surface area contributed by atoms with Crippen molar-refractivity contribution in [1.82, 2.24) is 9.78 Å². The SMILES string of the molecule is Cn1ncc2cc(N3CC(CS)CC3=O)ccc21. The third kappa shape index (κ3) is 1.79. The molecule has 1 aliphatic heterocycles. The van der Waals surface area contributed by atoms with Gasteiger partial charge >= 0.3 is 0 Å². The molecule has 1 atom stereocenters. The lowest BCUT2D eigenvalue weighted by atomic mass is 10.1. The molecule has 94 valence electrons. The van der Waals surface area contributed by atoms with Crippen molar-refractivity contribution < 1.29 is 4.79 Å². The third-order valence-electron chi connectivity index (χ3n) is 3.50. The first-order chi connectivity index (χ1) is 8.69. The van der Waals surface area contributed by atoms with Gasteiger partial charge in [-0.05, 0) is 29.9 Å². The number of hydrogen-bond donors (Lipinski definition) is 1. The molecule has 1 unspecified atom stereocenters. The molecular formula is C13H15N3OS. The van der Waals surface area contributed by atoms with Gasteiger partial charge in [0.15, 0.2) is 0 Å². The molecule has 1 aliphatic rings. The van der Waals surface area contributed by atoms with Gasteiger partial charge in [0.05, 0.1) is 11.7 Å². The maximum absolute atomic E-state index is 12.0. The Labute approximate surface area is 111 Å². The van der Waals surface area contributed by atoms with Gasteiger partial charge in [-0.3, -0.25) is 9.48 Å². The summed E-state index contributed by atoms with van der Waals surface area (Å²) in [6, 6.07) is 6.03. The second-order valence-corrected chi connectivity index (χ2v) is 5.13. The van der Waals surface area contributed by atoms with E-state index in [1.165, 1.54) is 0 Å². The topological polar surface area (TPSA) is 38.1 Å². The van der Waals surface area contributed by atoms with Gasteiger partial charge < -0.3 is 4.90 Å². The van der Waals surface area contributed by atoms with Crippen LogP contribution >= 0.6 is 12.6 Å². The number of rotatable bonds is 2. The molecule has 0 radical (unpaired) electrons. The van der Waals surface area contributed by atoms with E-state index < -0.39 is 0 Å². The van der Waals surface area contributed by atoms with Gasteiger partial charge in [0.1, 0.15) is 0 Å². The molecule has 0 aliphatic carbocycles. The number of benzene rings is 1. The van der Waals surface area contributed by atoms with Crippen LogP contribution in [0, 0.1) is 5.92 Å². The van der Waals surface area contributed by atoms with E-state index in [-0.39, 0.29) is 5.91 Å². The molecule has 5 heteroatoms. The summed E-state index contributed by atoms with van der Waals surface area (Å²) < 4.78 is 1.83. The second-order valence-electron chi connectivity index (χ2n) is 4.77. The monoisotopic (exact) mass is 261 g/mol. The Hall–Kier alpha value is -1.49. The predicted molar refractivity (Wildman–Crippen MR) is 75.0 cm³/mol. The molecule has 1 fully saturated rings. The van der Waals surface area contributed by atoms with E-state index in [4.69, 9.17) is 0 Å². The summed E-state index contributed by atoms with van der Waals surface area (Å²) >= 11 is 4.28. The van der Waals surface area contributed by atoms with Crippen molar-refractivity contribution in [2.75, 3.05) is 17.2 Å². The van der Waals surface area contributed by atoms with E-state index in [2.05, 4.69) is 17.7 Å². The standard InChI is InChI=1S/C13H15N3OS/c1-15-12-3-2-11(5-10(12)6-14-15)16-7-9(8-18)4-13(16)17/h2-3,5-6,9,18H,4,7-8H2,1H3. The smallest absolute Gasteiger partial charge is 0.227 e. The van der Waals surface area contributed by atoms with Crippen LogP contribution in [-0.2, 0) is 11.8 Å². The largest absolute Gasteiger partial charge is 0.312 e. The molecule has 2 heterocycles. The van der Waals surface area contributed by atoms with Crippen LogP contribution in [0.15, 0.2) is 24.4 Å². The van der Waals surface area contributed by atoms with Crippen molar-refractivity contribution in [3.8, 4) is 0 Å². The van der Waals surface area contributed by atoms with Gasteiger partial charge in [-0.2, -0.15) is 17.7 Å². The summed E-state index contributed by atoms with van der Waals surface area (Å²) in [7, 11) is 1.92. The molecule has 1 saturated heterocycles. The molecule has 4 nitrogen and oxygen atoms in total. The van der Waals surface area contributed by atoms with Crippen molar-refractivity contribution in [2.45, 2.75) is 6.42 Å². The number of nitrogens with zero attached hydrogens (tertiary/aromatic N) is 3. The number of amides is 1. The second kappa shape index (κ2) is 4.31. The number of thiol groups is 1. The molecular weight excluding hydrogens is 246 g/mol. The molecule has 1 aromatic heterocycles. The summed E-state index contributed by atoms with van der Waals surface area (Å²) in [6.45, 7) is 0.772. The number of carbonyl (C=O) groups excluding carboxylic acids is 1. The Balaban J connectivity index is 1.97. The Morgan fingerprint density at radius 1 is 1.50 bits per heavy atom. The predicted octanol–water partition coefficient (Wildman–Crippen LogP) is 1.86. The van der Waals surface area contributed by atoms with Crippen molar-refractivity contribution in [3.05, 3.63) is 24.4 Å². The van der Waals surface area contributed by atoms with Crippen LogP contribution in [0.3, 0.4) is 0 Å². The molecule has 0 N–H and O–H groups in total. The highest BCUT2D eigenvalue weighted by atomic mass is 32.1. The van der Waals surface area contributed by atoms with Crippen LogP contribution in [0.2, 0.25) is 0 Å². The maximum atomic E-state index is 12.0. The minimum Gasteiger partial charge on any atom is -0.312 e. The zero-order chi connectivity index (χ0) is 12.7. The fourth-order valence-electron chi connectivity index (χ4n) is 2.47. The number of aromatic nitrogens is 2. The van der Waals surface area contributed by atoms with Gasteiger partial charge in [0.2, 0.25) is 5.91 Å². The van der Waals surface area contributed by atoms with Crippen LogP contribution in [-0.4, -0.2) is 28.0 Å². The fourth-order valence-corrected chi connectivity index (χ4v) is 2.72. The molecule has 18 heavy (non-hydrogen) atoms. The summed E-state index contributed by atoms with van der Waals surface area (Å²) in [5.41, 5.74) is 2.04. The number of carbonyl (C=O) groups is 1. The van der Waals surface area contributed by atoms with Crippen LogP contribution in [0.1, 0.15) is 6.42 Å². The number of anilines is 1. The first-order valence-electron chi connectivity index (χ1n) is 6.02. The number of hydrogen-bond acceptors (Lipinski definition) is 3. The van der Waals surface area contributed by atoms with Crippen LogP contribution in [0.5, 0.6) is 0 Å². The molecule has 2 aromatic rings. The van der Waals surface area contributed by atoms with E-state index in [1.54, 1.807) is 0 Å². The number of fused-ring (bicyclic) bond motifs is 1. The van der Waals surface area contributed by atoms with E-state index in [9.17, 15) is 4.79 Å². The summed E-state index contributed by atoms with van der Waals surface area (Å²) in [4.78, 5) is 13.8. The summed E-state index contributed by atoms with van der Waals surface area (Å²) in [6.07, 6.45) is 2.43. The maximum Gasteiger partial charge on any atom is 0.227 e. The minimum absolute atomic E-state index is 0.192. The van der Waals surface area contributed by atoms with E-state index >= 15 is 0 Å². The van der Waals surface area contributed by atoms with Crippen molar-refractivity contribution >= 4 is 35.1 Å². The Morgan fingerprint density at radius 2 is 2.33 bits per heavy atom. The highest BCUT2D eigenvalue weighted by molar-refractivity contribution is 7.80. The molecule has 1 aromatic carbocycles. The summed E-state index contributed by atoms with van der Waals surface area (Å²) in [5, 5.41) is 5.28.